The van der Waals surface area contributed by atoms with Gasteiger partial charge in [-0.15, -0.1) is 5.10 Å². The fourth-order valence-corrected chi connectivity index (χ4v) is 3.54. The van der Waals surface area contributed by atoms with Gasteiger partial charge in [0.1, 0.15) is 10.0 Å². The molecule has 0 saturated carbocycles. The van der Waals surface area contributed by atoms with Crippen molar-refractivity contribution in [2.24, 2.45) is 0 Å². The van der Waals surface area contributed by atoms with Gasteiger partial charge in [0.05, 0.1) is 11.9 Å². The van der Waals surface area contributed by atoms with Crippen LogP contribution in [0.4, 0.5) is 0 Å². The summed E-state index contributed by atoms with van der Waals surface area (Å²) in [6.07, 6.45) is 1.67. The summed E-state index contributed by atoms with van der Waals surface area (Å²) in [5.74, 6) is 0. The number of rotatable bonds is 2. The molecule has 23 heavy (non-hydrogen) atoms. The number of imidazole rings is 1. The molecule has 0 spiro atoms. The van der Waals surface area contributed by atoms with Crippen LogP contribution in [0.25, 0.3) is 21.4 Å². The van der Waals surface area contributed by atoms with Crippen LogP contribution < -0.4 is 29.6 Å². The summed E-state index contributed by atoms with van der Waals surface area (Å²) in [4.78, 5) is 4.84. The molecule has 2 aromatic heterocycles. The van der Waals surface area contributed by atoms with Gasteiger partial charge in [-0.25, -0.2) is 17.9 Å². The van der Waals surface area contributed by atoms with Gasteiger partial charge < -0.3 is 5.14 Å². The predicted octanol–water partition coefficient (Wildman–Crippen LogP) is 0.500. The number of aromatic nitrogens is 3. The summed E-state index contributed by atoms with van der Waals surface area (Å²) >= 11 is 0.892. The van der Waals surface area contributed by atoms with Gasteiger partial charge in [-0.2, -0.15) is 0 Å². The van der Waals surface area contributed by atoms with Crippen LogP contribution in [0.15, 0.2) is 34.8 Å². The molecule has 0 radical (unpaired) electrons. The Labute approximate surface area is 161 Å². The maximum absolute atomic E-state index is 11.2. The van der Waals surface area contributed by atoms with Crippen molar-refractivity contribution in [1.29, 1.82) is 0 Å². The minimum absolute atomic E-state index is 0. The standard InChI is InChI=1S/C14H15N4O2S2.Na/c1-14(2,3)10-6-4-9(5-7-10)11-8-18-12(16-11)21-13(17-18)22(15,19)20;/h4-8H,1-3H3,(H-,15,19,20);/q-1;+1. The van der Waals surface area contributed by atoms with Gasteiger partial charge in [-0.1, -0.05) is 56.4 Å². The Hall–Kier alpha value is -0.770. The van der Waals surface area contributed by atoms with E-state index in [1.54, 1.807) is 6.20 Å². The van der Waals surface area contributed by atoms with Crippen LogP contribution in [-0.2, 0) is 15.4 Å². The van der Waals surface area contributed by atoms with E-state index in [1.807, 2.05) is 12.1 Å². The topological polar surface area (TPSA) is 88.1 Å². The normalized spacial score (nSPS) is 12.3. The van der Waals surface area contributed by atoms with E-state index >= 15 is 0 Å². The molecule has 0 unspecified atom stereocenters. The maximum Gasteiger partial charge on any atom is 1.00 e. The fraction of sp³-hybridized carbons (Fsp3) is 0.286. The predicted molar refractivity (Wildman–Crippen MR) is 86.5 cm³/mol. The summed E-state index contributed by atoms with van der Waals surface area (Å²) < 4.78 is 23.5. The molecule has 0 bridgehead atoms. The van der Waals surface area contributed by atoms with Crippen LogP contribution in [-0.4, -0.2) is 23.0 Å². The van der Waals surface area contributed by atoms with Gasteiger partial charge in [0.25, 0.3) is 0 Å². The number of nitrogens with zero attached hydrogens (tertiary/aromatic N) is 3. The Morgan fingerprint density at radius 2 is 1.78 bits per heavy atom. The van der Waals surface area contributed by atoms with Crippen molar-refractivity contribution in [1.82, 2.24) is 14.6 Å². The molecular formula is C14H15N4NaO2S2. The summed E-state index contributed by atoms with van der Waals surface area (Å²) in [5, 5.41) is 10.9. The quantitative estimate of drug-likeness (QED) is 0.624. The zero-order chi connectivity index (χ0) is 16.1. The van der Waals surface area contributed by atoms with Gasteiger partial charge in [-0.05, 0) is 11.0 Å². The van der Waals surface area contributed by atoms with Gasteiger partial charge in [-0.3, -0.25) is 0 Å². The zero-order valence-corrected chi connectivity index (χ0v) is 17.0. The molecule has 9 heteroatoms. The van der Waals surface area contributed by atoms with Crippen LogP contribution >= 0.6 is 11.3 Å². The number of fused-ring (bicyclic) bond motifs is 1. The molecule has 0 amide bonds. The Bertz CT molecular complexity index is 906. The number of nitrogens with one attached hydrogen (secondary N) is 1. The zero-order valence-electron chi connectivity index (χ0n) is 13.4. The van der Waals surface area contributed by atoms with Crippen molar-refractivity contribution in [3.05, 3.63) is 41.2 Å². The molecule has 0 aliphatic carbocycles. The summed E-state index contributed by atoms with van der Waals surface area (Å²) in [6.45, 7) is 6.46. The molecular weight excluding hydrogens is 343 g/mol. The number of sulfonamides is 1. The molecule has 3 rings (SSSR count). The van der Waals surface area contributed by atoms with E-state index in [2.05, 4.69) is 43.0 Å². The number of hydrogen-bond acceptors (Lipinski definition) is 5. The Morgan fingerprint density at radius 3 is 2.26 bits per heavy atom. The first kappa shape index (κ1) is 18.6. The Morgan fingerprint density at radius 1 is 1.17 bits per heavy atom. The van der Waals surface area contributed by atoms with Gasteiger partial charge in [0.2, 0.25) is 9.30 Å². The van der Waals surface area contributed by atoms with E-state index in [4.69, 9.17) is 5.14 Å². The van der Waals surface area contributed by atoms with Crippen molar-refractivity contribution in [2.45, 2.75) is 30.5 Å². The third-order valence-corrected chi connectivity index (χ3v) is 5.47. The molecule has 6 nitrogen and oxygen atoms in total. The SMILES string of the molecule is CC(C)(C)c1ccc(-c2cn3nc(S([NH-])(=O)=O)sc3n2)cc1.[Na+]. The minimum Gasteiger partial charge on any atom is -0.558 e. The van der Waals surface area contributed by atoms with Crippen LogP contribution in [0.3, 0.4) is 0 Å². The van der Waals surface area contributed by atoms with E-state index in [0.717, 1.165) is 22.6 Å². The van der Waals surface area contributed by atoms with E-state index in [-0.39, 0.29) is 39.3 Å². The van der Waals surface area contributed by atoms with Crippen molar-refractivity contribution in [3.8, 4) is 11.3 Å². The molecule has 0 saturated heterocycles. The number of hydrogen-bond donors (Lipinski definition) is 0. The first-order valence-corrected chi connectivity index (χ1v) is 8.91. The van der Waals surface area contributed by atoms with Gasteiger partial charge >= 0.3 is 29.6 Å². The molecule has 1 aromatic carbocycles. The Balaban J connectivity index is 0.00000192. The largest absolute Gasteiger partial charge is 1.00 e. The van der Waals surface area contributed by atoms with Gasteiger partial charge in [0, 0.05) is 5.56 Å². The first-order valence-electron chi connectivity index (χ1n) is 6.61. The average Bonchev–Trinajstić information content (AvgIpc) is 2.95. The van der Waals surface area contributed by atoms with Crippen molar-refractivity contribution in [2.75, 3.05) is 0 Å². The average molecular weight is 358 g/mol. The van der Waals surface area contributed by atoms with E-state index in [1.165, 1.54) is 10.1 Å². The molecule has 0 atom stereocenters. The van der Waals surface area contributed by atoms with E-state index < -0.39 is 10.0 Å². The van der Waals surface area contributed by atoms with Crippen LogP contribution in [0.5, 0.6) is 0 Å². The molecule has 116 valence electrons. The second-order valence-corrected chi connectivity index (χ2v) is 8.66. The second-order valence-electron chi connectivity index (χ2n) is 6.05. The molecule has 2 heterocycles. The molecule has 0 aliphatic rings. The number of benzene rings is 1. The molecule has 1 N–H and O–H groups in total. The van der Waals surface area contributed by atoms with Crippen LogP contribution in [0, 0.1) is 0 Å². The molecule has 3 aromatic rings. The van der Waals surface area contributed by atoms with E-state index in [9.17, 15) is 8.42 Å². The first-order chi connectivity index (χ1) is 10.1. The van der Waals surface area contributed by atoms with Gasteiger partial charge in [0.15, 0.2) is 0 Å². The van der Waals surface area contributed by atoms with Crippen molar-refractivity contribution >= 4 is 26.3 Å². The van der Waals surface area contributed by atoms with Crippen molar-refractivity contribution in [3.63, 3.8) is 0 Å². The second kappa shape index (κ2) is 6.27. The third-order valence-electron chi connectivity index (χ3n) is 3.30. The molecule has 0 fully saturated rings. The molecule has 0 aliphatic heterocycles. The van der Waals surface area contributed by atoms with Crippen LogP contribution in [0.1, 0.15) is 26.3 Å². The monoisotopic (exact) mass is 358 g/mol. The van der Waals surface area contributed by atoms with Crippen LogP contribution in [0.2, 0.25) is 0 Å². The summed E-state index contributed by atoms with van der Waals surface area (Å²) in [7, 11) is -4.04. The third kappa shape index (κ3) is 3.84. The summed E-state index contributed by atoms with van der Waals surface area (Å²) in [5.41, 5.74) is 3.00. The van der Waals surface area contributed by atoms with E-state index in [0.29, 0.717) is 4.96 Å². The minimum atomic E-state index is -4.04. The fourth-order valence-electron chi connectivity index (χ4n) is 2.07. The van der Waals surface area contributed by atoms with Crippen molar-refractivity contribution < 1.29 is 38.0 Å². The summed E-state index contributed by atoms with van der Waals surface area (Å²) in [6, 6.07) is 8.12. The Kier molecular flexibility index (Phi) is 5.06. The smallest absolute Gasteiger partial charge is 0.558 e. The maximum atomic E-state index is 11.2.